The van der Waals surface area contributed by atoms with Crippen LogP contribution in [0, 0.1) is 5.92 Å². The van der Waals surface area contributed by atoms with Gasteiger partial charge < -0.3 is 10.6 Å². The van der Waals surface area contributed by atoms with Crippen molar-refractivity contribution in [1.29, 1.82) is 0 Å². The number of carbonyl (C=O) groups is 1. The Bertz CT molecular complexity index is 621. The highest BCUT2D eigenvalue weighted by molar-refractivity contribution is 6.01. The van der Waals surface area contributed by atoms with Crippen LogP contribution in [-0.2, 0) is 4.79 Å². The number of aromatic nitrogens is 1. The molecule has 1 fully saturated rings. The first-order valence-corrected chi connectivity index (χ1v) is 7.12. The summed E-state index contributed by atoms with van der Waals surface area (Å²) >= 11 is 0. The van der Waals surface area contributed by atoms with Crippen molar-refractivity contribution in [1.82, 2.24) is 10.3 Å². The molecule has 0 bridgehead atoms. The van der Waals surface area contributed by atoms with E-state index in [2.05, 4.69) is 22.5 Å². The van der Waals surface area contributed by atoms with Crippen LogP contribution in [0.2, 0.25) is 0 Å². The van der Waals surface area contributed by atoms with E-state index >= 15 is 0 Å². The number of carbonyl (C=O) groups excluding carboxylic acids is 1. The van der Waals surface area contributed by atoms with E-state index in [0.29, 0.717) is 6.04 Å². The van der Waals surface area contributed by atoms with Crippen LogP contribution in [0.4, 0.5) is 5.69 Å². The van der Waals surface area contributed by atoms with E-state index in [1.54, 1.807) is 6.20 Å². The molecular formula is C16H19N3O. The lowest BCUT2D eigenvalue weighted by Gasteiger charge is -2.27. The Kier molecular flexibility index (Phi) is 3.65. The molecule has 0 radical (unpaired) electrons. The number of para-hydroxylation sites is 1. The summed E-state index contributed by atoms with van der Waals surface area (Å²) in [5.74, 6) is 0.196. The Morgan fingerprint density at radius 3 is 3.05 bits per heavy atom. The lowest BCUT2D eigenvalue weighted by Crippen LogP contribution is -2.40. The molecule has 1 aliphatic heterocycles. The normalized spacial score (nSPS) is 22.6. The molecule has 4 heteroatoms. The topological polar surface area (TPSA) is 54.0 Å². The van der Waals surface area contributed by atoms with Crippen LogP contribution in [-0.4, -0.2) is 23.5 Å². The van der Waals surface area contributed by atoms with Crippen molar-refractivity contribution in [3.05, 3.63) is 36.5 Å². The lowest BCUT2D eigenvalue weighted by atomic mass is 9.92. The van der Waals surface area contributed by atoms with Crippen molar-refractivity contribution in [3.63, 3.8) is 0 Å². The molecule has 1 amide bonds. The number of benzene rings is 1. The maximum atomic E-state index is 12.4. The van der Waals surface area contributed by atoms with E-state index in [4.69, 9.17) is 0 Å². The van der Waals surface area contributed by atoms with E-state index in [9.17, 15) is 4.79 Å². The average Bonchev–Trinajstić information content (AvgIpc) is 2.47. The molecule has 0 unspecified atom stereocenters. The highest BCUT2D eigenvalue weighted by Crippen LogP contribution is 2.23. The first kappa shape index (κ1) is 13.1. The molecule has 2 atom stereocenters. The van der Waals surface area contributed by atoms with Crippen molar-refractivity contribution in [2.45, 2.75) is 25.8 Å². The molecule has 3 rings (SSSR count). The Hall–Kier alpha value is -1.94. The summed E-state index contributed by atoms with van der Waals surface area (Å²) in [6, 6.07) is 10.2. The molecule has 1 aromatic carbocycles. The van der Waals surface area contributed by atoms with Crippen LogP contribution in [0.5, 0.6) is 0 Å². The fraction of sp³-hybridized carbons (Fsp3) is 0.375. The number of rotatable bonds is 2. The van der Waals surface area contributed by atoms with Gasteiger partial charge in [-0.15, -0.1) is 0 Å². The maximum Gasteiger partial charge on any atom is 0.227 e. The number of nitrogens with one attached hydrogen (secondary N) is 2. The van der Waals surface area contributed by atoms with E-state index in [1.165, 1.54) is 0 Å². The maximum absolute atomic E-state index is 12.4. The number of hydrogen-bond donors (Lipinski definition) is 2. The van der Waals surface area contributed by atoms with Gasteiger partial charge in [-0.1, -0.05) is 18.2 Å². The Morgan fingerprint density at radius 2 is 2.20 bits per heavy atom. The lowest BCUT2D eigenvalue weighted by molar-refractivity contribution is -0.120. The zero-order chi connectivity index (χ0) is 13.9. The summed E-state index contributed by atoms with van der Waals surface area (Å²) < 4.78 is 0. The van der Waals surface area contributed by atoms with Gasteiger partial charge in [-0.3, -0.25) is 9.78 Å². The van der Waals surface area contributed by atoms with E-state index in [-0.39, 0.29) is 11.8 Å². The molecule has 1 aliphatic rings. The Morgan fingerprint density at radius 1 is 1.35 bits per heavy atom. The van der Waals surface area contributed by atoms with Gasteiger partial charge in [0.2, 0.25) is 5.91 Å². The number of nitrogens with zero attached hydrogens (tertiary/aromatic N) is 1. The van der Waals surface area contributed by atoms with E-state index in [0.717, 1.165) is 36.0 Å². The SMILES string of the molecule is C[C@H]1C[C@@H](C(=O)Nc2cccc3cccnc23)CCN1. The second-order valence-electron chi connectivity index (χ2n) is 5.45. The molecule has 0 saturated carbocycles. The quantitative estimate of drug-likeness (QED) is 0.881. The van der Waals surface area contributed by atoms with Crippen molar-refractivity contribution in [2.24, 2.45) is 5.92 Å². The molecule has 1 saturated heterocycles. The molecule has 0 spiro atoms. The molecule has 0 aliphatic carbocycles. The zero-order valence-corrected chi connectivity index (χ0v) is 11.6. The van der Waals surface area contributed by atoms with Gasteiger partial charge in [-0.05, 0) is 38.4 Å². The number of piperidine rings is 1. The van der Waals surface area contributed by atoms with Crippen LogP contribution < -0.4 is 10.6 Å². The van der Waals surface area contributed by atoms with Gasteiger partial charge in [0, 0.05) is 23.5 Å². The smallest absolute Gasteiger partial charge is 0.227 e. The van der Waals surface area contributed by atoms with Gasteiger partial charge in [-0.2, -0.15) is 0 Å². The minimum absolute atomic E-state index is 0.0882. The molecule has 4 nitrogen and oxygen atoms in total. The number of anilines is 1. The predicted octanol–water partition coefficient (Wildman–Crippen LogP) is 2.56. The summed E-state index contributed by atoms with van der Waals surface area (Å²) in [6.07, 6.45) is 3.54. The molecule has 2 heterocycles. The molecule has 1 aromatic heterocycles. The van der Waals surface area contributed by atoms with Gasteiger partial charge in [0.25, 0.3) is 0 Å². The van der Waals surface area contributed by atoms with Gasteiger partial charge >= 0.3 is 0 Å². The average molecular weight is 269 g/mol. The molecule has 20 heavy (non-hydrogen) atoms. The van der Waals surface area contributed by atoms with E-state index in [1.807, 2.05) is 30.3 Å². The van der Waals surface area contributed by atoms with Crippen LogP contribution in [0.25, 0.3) is 10.9 Å². The zero-order valence-electron chi connectivity index (χ0n) is 11.6. The summed E-state index contributed by atoms with van der Waals surface area (Å²) in [4.78, 5) is 16.8. The number of amides is 1. The van der Waals surface area contributed by atoms with Crippen LogP contribution in [0.1, 0.15) is 19.8 Å². The Balaban J connectivity index is 1.80. The number of fused-ring (bicyclic) bond motifs is 1. The van der Waals surface area contributed by atoms with Crippen molar-refractivity contribution >= 4 is 22.5 Å². The highest BCUT2D eigenvalue weighted by atomic mass is 16.1. The summed E-state index contributed by atoms with van der Waals surface area (Å²) in [5, 5.41) is 7.46. The molecule has 2 aromatic rings. The van der Waals surface area contributed by atoms with Crippen LogP contribution in [0.3, 0.4) is 0 Å². The van der Waals surface area contributed by atoms with Gasteiger partial charge in [0.05, 0.1) is 11.2 Å². The van der Waals surface area contributed by atoms with E-state index < -0.39 is 0 Å². The molecular weight excluding hydrogens is 250 g/mol. The highest BCUT2D eigenvalue weighted by Gasteiger charge is 2.25. The Labute approximate surface area is 118 Å². The summed E-state index contributed by atoms with van der Waals surface area (Å²) in [7, 11) is 0. The number of hydrogen-bond acceptors (Lipinski definition) is 3. The number of pyridine rings is 1. The van der Waals surface area contributed by atoms with Crippen molar-refractivity contribution in [3.8, 4) is 0 Å². The summed E-state index contributed by atoms with van der Waals surface area (Å²) in [5.41, 5.74) is 1.66. The predicted molar refractivity (Wildman–Crippen MR) is 80.6 cm³/mol. The minimum atomic E-state index is 0.0882. The second-order valence-corrected chi connectivity index (χ2v) is 5.45. The fourth-order valence-electron chi connectivity index (χ4n) is 2.81. The van der Waals surface area contributed by atoms with Crippen molar-refractivity contribution < 1.29 is 4.79 Å². The third-order valence-corrected chi connectivity index (χ3v) is 3.89. The fourth-order valence-corrected chi connectivity index (χ4v) is 2.81. The van der Waals surface area contributed by atoms with Crippen LogP contribution in [0.15, 0.2) is 36.5 Å². The van der Waals surface area contributed by atoms with Gasteiger partial charge in [-0.25, -0.2) is 0 Å². The van der Waals surface area contributed by atoms with Gasteiger partial charge in [0.15, 0.2) is 0 Å². The van der Waals surface area contributed by atoms with Gasteiger partial charge in [0.1, 0.15) is 0 Å². The third-order valence-electron chi connectivity index (χ3n) is 3.89. The summed E-state index contributed by atoms with van der Waals surface area (Å²) in [6.45, 7) is 3.03. The van der Waals surface area contributed by atoms with Crippen LogP contribution >= 0.6 is 0 Å². The first-order valence-electron chi connectivity index (χ1n) is 7.12. The van der Waals surface area contributed by atoms with Crippen molar-refractivity contribution in [2.75, 3.05) is 11.9 Å². The second kappa shape index (κ2) is 5.59. The standard InChI is InChI=1S/C16H19N3O/c1-11-10-13(7-9-17-11)16(20)19-14-6-2-4-12-5-3-8-18-15(12)14/h2-6,8,11,13,17H,7,9-10H2,1H3,(H,19,20)/t11-,13-/m0/s1. The first-order chi connectivity index (χ1) is 9.74. The largest absolute Gasteiger partial charge is 0.324 e. The molecule has 104 valence electrons. The third kappa shape index (κ3) is 2.65. The minimum Gasteiger partial charge on any atom is -0.324 e. The molecule has 2 N–H and O–H groups in total. The monoisotopic (exact) mass is 269 g/mol.